The number of aryl methyl sites for hydroxylation is 1. The second-order valence-electron chi connectivity index (χ2n) is 8.11. The van der Waals surface area contributed by atoms with Crippen LogP contribution in [0.3, 0.4) is 0 Å². The van der Waals surface area contributed by atoms with Gasteiger partial charge in [0.25, 0.3) is 0 Å². The van der Waals surface area contributed by atoms with Gasteiger partial charge < -0.3 is 9.47 Å². The van der Waals surface area contributed by atoms with Crippen LogP contribution >= 0.6 is 0 Å². The molecule has 4 nitrogen and oxygen atoms in total. The van der Waals surface area contributed by atoms with E-state index < -0.39 is 0 Å². The molecule has 3 aromatic rings. The number of allylic oxidation sites excluding steroid dienone is 1. The van der Waals surface area contributed by atoms with Gasteiger partial charge in [0.1, 0.15) is 5.82 Å². The molecular weight excluding hydrogens is 405 g/mol. The van der Waals surface area contributed by atoms with E-state index in [1.807, 2.05) is 25.1 Å². The average Bonchev–Trinajstić information content (AvgIpc) is 2.83. The van der Waals surface area contributed by atoms with Crippen molar-refractivity contribution in [3.05, 3.63) is 82.8 Å². The first-order chi connectivity index (χ1) is 15.5. The number of nitrogens with zero attached hydrogens (tertiary/aromatic N) is 1. The average molecular weight is 432 g/mol. The van der Waals surface area contributed by atoms with Crippen LogP contribution in [0, 0.1) is 11.7 Å². The van der Waals surface area contributed by atoms with Crippen LogP contribution in [-0.2, 0) is 22.4 Å². The van der Waals surface area contributed by atoms with Crippen molar-refractivity contribution in [2.75, 3.05) is 14.2 Å². The van der Waals surface area contributed by atoms with Crippen molar-refractivity contribution < 1.29 is 18.7 Å². The molecule has 0 fully saturated rings. The van der Waals surface area contributed by atoms with Gasteiger partial charge >= 0.3 is 5.97 Å². The van der Waals surface area contributed by atoms with Crippen LogP contribution in [0.4, 0.5) is 4.39 Å². The molecular formula is C27H26FNO3. The molecule has 5 heteroatoms. The molecule has 0 amide bonds. The minimum absolute atomic E-state index is 0.207. The minimum atomic E-state index is -0.247. The van der Waals surface area contributed by atoms with Gasteiger partial charge in [-0.05, 0) is 64.8 Å². The summed E-state index contributed by atoms with van der Waals surface area (Å²) in [5.41, 5.74) is 6.63. The molecule has 1 atom stereocenters. The molecule has 0 bridgehead atoms. The molecule has 1 heterocycles. The third-order valence-corrected chi connectivity index (χ3v) is 5.94. The van der Waals surface area contributed by atoms with Crippen LogP contribution in [0.5, 0.6) is 5.88 Å². The Hall–Kier alpha value is -3.47. The highest BCUT2D eigenvalue weighted by molar-refractivity contribution is 5.85. The lowest BCUT2D eigenvalue weighted by Crippen LogP contribution is -2.15. The summed E-state index contributed by atoms with van der Waals surface area (Å²) in [6, 6.07) is 15.2. The maximum atomic E-state index is 15.1. The van der Waals surface area contributed by atoms with Gasteiger partial charge in [0, 0.05) is 17.8 Å². The summed E-state index contributed by atoms with van der Waals surface area (Å²) in [6.07, 6.45) is 5.97. The van der Waals surface area contributed by atoms with Crippen molar-refractivity contribution in [3.63, 3.8) is 0 Å². The predicted molar refractivity (Wildman–Crippen MR) is 124 cm³/mol. The molecule has 0 saturated heterocycles. The van der Waals surface area contributed by atoms with Crippen molar-refractivity contribution in [3.8, 4) is 17.0 Å². The monoisotopic (exact) mass is 431 g/mol. The number of ether oxygens (including phenoxy) is 2. The fourth-order valence-electron chi connectivity index (χ4n) is 4.17. The fourth-order valence-corrected chi connectivity index (χ4v) is 4.17. The first kappa shape index (κ1) is 21.8. The topological polar surface area (TPSA) is 48.4 Å². The standard InChI is InChI=1S/C27H26FNO3/c1-17(27(30)32-3)12-18-4-5-19-6-7-22(14-23(19)13-18)24-9-8-20(15-25(24)28)21-10-11-29-26(16-21)31-2/h4-5,8-11,13-17H,6-7,12H2,1-3H3/t17-/m1/s1. The number of benzene rings is 2. The summed E-state index contributed by atoms with van der Waals surface area (Å²) in [6.45, 7) is 1.86. The number of hydrogen-bond acceptors (Lipinski definition) is 4. The number of fused-ring (bicyclic) bond motifs is 1. The summed E-state index contributed by atoms with van der Waals surface area (Å²) in [7, 11) is 2.97. The van der Waals surface area contributed by atoms with Gasteiger partial charge in [-0.25, -0.2) is 9.37 Å². The Morgan fingerprint density at radius 2 is 1.88 bits per heavy atom. The minimum Gasteiger partial charge on any atom is -0.481 e. The van der Waals surface area contributed by atoms with Crippen molar-refractivity contribution in [2.45, 2.75) is 26.2 Å². The Balaban J connectivity index is 1.61. The zero-order valence-electron chi connectivity index (χ0n) is 18.5. The first-order valence-electron chi connectivity index (χ1n) is 10.7. The quantitative estimate of drug-likeness (QED) is 0.468. The summed E-state index contributed by atoms with van der Waals surface area (Å²) < 4.78 is 25.1. The number of esters is 1. The van der Waals surface area contributed by atoms with Crippen molar-refractivity contribution >= 4 is 17.6 Å². The third-order valence-electron chi connectivity index (χ3n) is 5.94. The van der Waals surface area contributed by atoms with Gasteiger partial charge in [-0.1, -0.05) is 43.3 Å². The SMILES string of the molecule is COC(=O)[C@H](C)Cc1ccc2c(c1)C=C(c1ccc(-c3ccnc(OC)c3)cc1F)CC2. The zero-order chi connectivity index (χ0) is 22.7. The van der Waals surface area contributed by atoms with Crippen LogP contribution in [0.25, 0.3) is 22.8 Å². The first-order valence-corrected chi connectivity index (χ1v) is 10.7. The summed E-state index contributed by atoms with van der Waals surface area (Å²) >= 11 is 0. The van der Waals surface area contributed by atoms with Gasteiger partial charge in [-0.2, -0.15) is 0 Å². The van der Waals surface area contributed by atoms with E-state index in [9.17, 15) is 4.79 Å². The predicted octanol–water partition coefficient (Wildman–Crippen LogP) is 5.73. The second kappa shape index (κ2) is 9.35. The van der Waals surface area contributed by atoms with Crippen LogP contribution in [0.2, 0.25) is 0 Å². The van der Waals surface area contributed by atoms with E-state index >= 15 is 4.39 Å². The number of aromatic nitrogens is 1. The second-order valence-corrected chi connectivity index (χ2v) is 8.11. The number of carbonyl (C=O) groups excluding carboxylic acids is 1. The number of halogens is 1. The van der Waals surface area contributed by atoms with E-state index in [1.54, 1.807) is 25.4 Å². The van der Waals surface area contributed by atoms with Crippen LogP contribution in [0.15, 0.2) is 54.7 Å². The van der Waals surface area contributed by atoms with E-state index in [2.05, 4.69) is 29.3 Å². The number of rotatable bonds is 6. The van der Waals surface area contributed by atoms with Gasteiger partial charge in [-0.15, -0.1) is 0 Å². The summed E-state index contributed by atoms with van der Waals surface area (Å²) in [5, 5.41) is 0. The Labute approximate surface area is 187 Å². The highest BCUT2D eigenvalue weighted by Gasteiger charge is 2.18. The molecule has 0 aliphatic heterocycles. The lowest BCUT2D eigenvalue weighted by Gasteiger charge is -2.19. The van der Waals surface area contributed by atoms with E-state index in [4.69, 9.17) is 9.47 Å². The van der Waals surface area contributed by atoms with E-state index in [0.29, 0.717) is 17.9 Å². The lowest BCUT2D eigenvalue weighted by molar-refractivity contribution is -0.144. The largest absolute Gasteiger partial charge is 0.481 e. The molecule has 1 aliphatic carbocycles. The van der Waals surface area contributed by atoms with E-state index in [1.165, 1.54) is 12.7 Å². The maximum Gasteiger partial charge on any atom is 0.308 e. The highest BCUT2D eigenvalue weighted by Crippen LogP contribution is 2.34. The molecule has 0 saturated carbocycles. The number of carbonyl (C=O) groups is 1. The normalized spacial score (nSPS) is 13.7. The molecule has 0 radical (unpaired) electrons. The van der Waals surface area contributed by atoms with Crippen molar-refractivity contribution in [1.82, 2.24) is 4.98 Å². The molecule has 0 N–H and O–H groups in total. The smallest absolute Gasteiger partial charge is 0.308 e. The molecule has 1 aromatic heterocycles. The van der Waals surface area contributed by atoms with Crippen LogP contribution in [0.1, 0.15) is 35.6 Å². The number of methoxy groups -OCH3 is 2. The van der Waals surface area contributed by atoms with Gasteiger partial charge in [0.15, 0.2) is 0 Å². The van der Waals surface area contributed by atoms with Crippen molar-refractivity contribution in [1.29, 1.82) is 0 Å². The van der Waals surface area contributed by atoms with Gasteiger partial charge in [0.05, 0.1) is 20.1 Å². The molecule has 32 heavy (non-hydrogen) atoms. The Morgan fingerprint density at radius 1 is 1.06 bits per heavy atom. The zero-order valence-corrected chi connectivity index (χ0v) is 18.5. The molecule has 164 valence electrons. The van der Waals surface area contributed by atoms with E-state index in [-0.39, 0.29) is 17.7 Å². The molecule has 1 aliphatic rings. The van der Waals surface area contributed by atoms with Crippen LogP contribution < -0.4 is 4.74 Å². The maximum absolute atomic E-state index is 15.1. The fraction of sp³-hybridized carbons (Fsp3) is 0.259. The Bertz CT molecular complexity index is 1190. The molecule has 4 rings (SSSR count). The Morgan fingerprint density at radius 3 is 2.62 bits per heavy atom. The summed E-state index contributed by atoms with van der Waals surface area (Å²) in [4.78, 5) is 15.9. The third kappa shape index (κ3) is 4.57. The molecule has 0 unspecified atom stereocenters. The van der Waals surface area contributed by atoms with Crippen molar-refractivity contribution in [2.24, 2.45) is 5.92 Å². The van der Waals surface area contributed by atoms with Gasteiger partial charge in [0.2, 0.25) is 5.88 Å². The van der Waals surface area contributed by atoms with Gasteiger partial charge in [-0.3, -0.25) is 4.79 Å². The molecule has 0 spiro atoms. The van der Waals surface area contributed by atoms with E-state index in [0.717, 1.165) is 40.7 Å². The Kier molecular flexibility index (Phi) is 6.35. The summed E-state index contributed by atoms with van der Waals surface area (Å²) in [5.74, 6) is -0.172. The molecule has 2 aromatic carbocycles. The number of pyridine rings is 1. The lowest BCUT2D eigenvalue weighted by atomic mass is 9.86. The van der Waals surface area contributed by atoms with Crippen LogP contribution in [-0.4, -0.2) is 25.2 Å². The number of hydrogen-bond donors (Lipinski definition) is 0. The highest BCUT2D eigenvalue weighted by atomic mass is 19.1.